The highest BCUT2D eigenvalue weighted by Gasteiger charge is 2.22. The zero-order chi connectivity index (χ0) is 16.7. The molecule has 2 rings (SSSR count). The van der Waals surface area contributed by atoms with Crippen molar-refractivity contribution in [2.75, 3.05) is 31.5 Å². The van der Waals surface area contributed by atoms with Gasteiger partial charge in [0.1, 0.15) is 11.9 Å². The second kappa shape index (κ2) is 8.49. The monoisotopic (exact) mass is 315 g/mol. The number of nitrogens with zero attached hydrogens (tertiary/aromatic N) is 3. The van der Waals surface area contributed by atoms with Crippen LogP contribution in [0.3, 0.4) is 0 Å². The highest BCUT2D eigenvalue weighted by molar-refractivity contribution is 5.76. The number of nitriles is 1. The maximum atomic E-state index is 11.7. The van der Waals surface area contributed by atoms with Gasteiger partial charge in [0, 0.05) is 38.3 Å². The van der Waals surface area contributed by atoms with Crippen LogP contribution >= 0.6 is 0 Å². The van der Waals surface area contributed by atoms with E-state index in [1.165, 1.54) is 0 Å². The van der Waals surface area contributed by atoms with Crippen LogP contribution in [0.1, 0.15) is 32.3 Å². The molecule has 1 atom stereocenters. The van der Waals surface area contributed by atoms with Gasteiger partial charge in [0.2, 0.25) is 5.91 Å². The van der Waals surface area contributed by atoms with E-state index in [4.69, 9.17) is 5.26 Å². The second-order valence-electron chi connectivity index (χ2n) is 6.32. The van der Waals surface area contributed by atoms with E-state index in [1.807, 2.05) is 13.8 Å². The summed E-state index contributed by atoms with van der Waals surface area (Å²) < 4.78 is 0. The van der Waals surface area contributed by atoms with Gasteiger partial charge in [-0.1, -0.05) is 0 Å². The first-order chi connectivity index (χ1) is 11.1. The third kappa shape index (κ3) is 5.53. The zero-order valence-corrected chi connectivity index (χ0v) is 13.9. The van der Waals surface area contributed by atoms with Crippen LogP contribution in [0.4, 0.5) is 5.82 Å². The molecule has 0 aliphatic carbocycles. The maximum Gasteiger partial charge on any atom is 0.221 e. The lowest BCUT2D eigenvalue weighted by Crippen LogP contribution is -2.33. The molecule has 1 aliphatic heterocycles. The summed E-state index contributed by atoms with van der Waals surface area (Å²) >= 11 is 0. The molecule has 2 N–H and O–H groups in total. The number of rotatable bonds is 7. The molecule has 0 saturated carbocycles. The molecule has 6 heteroatoms. The minimum absolute atomic E-state index is 0.119. The van der Waals surface area contributed by atoms with Crippen molar-refractivity contribution < 1.29 is 4.79 Å². The Bertz CT molecular complexity index is 566. The number of hydrogen-bond donors (Lipinski definition) is 2. The molecule has 1 saturated heterocycles. The summed E-state index contributed by atoms with van der Waals surface area (Å²) in [5, 5.41) is 15.3. The van der Waals surface area contributed by atoms with Crippen LogP contribution in [0, 0.1) is 17.2 Å². The average Bonchev–Trinajstić information content (AvgIpc) is 2.98. The number of pyridine rings is 1. The standard InChI is InChI=1S/C17H25N5O/c1-13(2)21-16(23)6-9-22-8-5-14(12-22)11-20-17-15(10-18)4-3-7-19-17/h3-4,7,13-14H,5-6,8-9,11-12H2,1-2H3,(H,19,20)(H,21,23)/t14-/m0/s1. The quantitative estimate of drug-likeness (QED) is 0.799. The Kier molecular flexibility index (Phi) is 6.36. The molecule has 0 aromatic carbocycles. The Labute approximate surface area is 137 Å². The van der Waals surface area contributed by atoms with Gasteiger partial charge in [-0.05, 0) is 44.9 Å². The summed E-state index contributed by atoms with van der Waals surface area (Å²) in [6, 6.07) is 5.88. The van der Waals surface area contributed by atoms with Gasteiger partial charge >= 0.3 is 0 Å². The van der Waals surface area contributed by atoms with Crippen LogP contribution in [-0.2, 0) is 4.79 Å². The SMILES string of the molecule is CC(C)NC(=O)CCN1CC[C@@H](CNc2ncccc2C#N)C1. The van der Waals surface area contributed by atoms with Crippen LogP contribution in [0.5, 0.6) is 0 Å². The van der Waals surface area contributed by atoms with Gasteiger partial charge < -0.3 is 15.5 Å². The van der Waals surface area contributed by atoms with E-state index in [2.05, 4.69) is 26.6 Å². The predicted octanol–water partition coefficient (Wildman–Crippen LogP) is 1.60. The van der Waals surface area contributed by atoms with E-state index in [0.717, 1.165) is 32.6 Å². The van der Waals surface area contributed by atoms with Gasteiger partial charge in [0.25, 0.3) is 0 Å². The van der Waals surface area contributed by atoms with Gasteiger partial charge in [-0.15, -0.1) is 0 Å². The number of carbonyl (C=O) groups excluding carboxylic acids is 1. The molecule has 1 aromatic heterocycles. The van der Waals surface area contributed by atoms with E-state index >= 15 is 0 Å². The van der Waals surface area contributed by atoms with Crippen molar-refractivity contribution in [2.45, 2.75) is 32.7 Å². The molecule has 1 aromatic rings. The lowest BCUT2D eigenvalue weighted by Gasteiger charge is -2.17. The largest absolute Gasteiger partial charge is 0.369 e. The van der Waals surface area contributed by atoms with Gasteiger partial charge in [-0.3, -0.25) is 4.79 Å². The van der Waals surface area contributed by atoms with Crippen molar-refractivity contribution in [3.05, 3.63) is 23.9 Å². The number of amides is 1. The van der Waals surface area contributed by atoms with Crippen LogP contribution in [-0.4, -0.2) is 48.0 Å². The molecule has 23 heavy (non-hydrogen) atoms. The topological polar surface area (TPSA) is 81.1 Å². The number of hydrogen-bond acceptors (Lipinski definition) is 5. The molecular weight excluding hydrogens is 290 g/mol. The summed E-state index contributed by atoms with van der Waals surface area (Å²) in [6.45, 7) is 7.57. The number of carbonyl (C=O) groups is 1. The Morgan fingerprint density at radius 2 is 2.39 bits per heavy atom. The first-order valence-electron chi connectivity index (χ1n) is 8.19. The molecule has 1 fully saturated rings. The molecule has 0 unspecified atom stereocenters. The molecule has 6 nitrogen and oxygen atoms in total. The van der Waals surface area contributed by atoms with Crippen molar-refractivity contribution in [1.82, 2.24) is 15.2 Å². The summed E-state index contributed by atoms with van der Waals surface area (Å²) in [4.78, 5) is 18.2. The van der Waals surface area contributed by atoms with Crippen molar-refractivity contribution in [1.29, 1.82) is 5.26 Å². The Morgan fingerprint density at radius 3 is 3.13 bits per heavy atom. The fourth-order valence-electron chi connectivity index (χ4n) is 2.81. The molecule has 1 amide bonds. The normalized spacial score (nSPS) is 17.9. The smallest absolute Gasteiger partial charge is 0.221 e. The fraction of sp³-hybridized carbons (Fsp3) is 0.588. The average molecular weight is 315 g/mol. The van der Waals surface area contributed by atoms with E-state index < -0.39 is 0 Å². The minimum Gasteiger partial charge on any atom is -0.369 e. The lowest BCUT2D eigenvalue weighted by molar-refractivity contribution is -0.121. The van der Waals surface area contributed by atoms with Crippen molar-refractivity contribution >= 4 is 11.7 Å². The Hall–Kier alpha value is -2.13. The van der Waals surface area contributed by atoms with Crippen LogP contribution in [0.2, 0.25) is 0 Å². The van der Waals surface area contributed by atoms with Crippen molar-refractivity contribution in [2.24, 2.45) is 5.92 Å². The zero-order valence-electron chi connectivity index (χ0n) is 13.9. The second-order valence-corrected chi connectivity index (χ2v) is 6.32. The number of anilines is 1. The van der Waals surface area contributed by atoms with Gasteiger partial charge in [-0.25, -0.2) is 4.98 Å². The first kappa shape index (κ1) is 17.2. The number of nitrogens with one attached hydrogen (secondary N) is 2. The predicted molar refractivity (Wildman–Crippen MR) is 89.9 cm³/mol. The van der Waals surface area contributed by atoms with Crippen LogP contribution < -0.4 is 10.6 Å². The van der Waals surface area contributed by atoms with Crippen molar-refractivity contribution in [3.63, 3.8) is 0 Å². The van der Waals surface area contributed by atoms with Crippen LogP contribution in [0.25, 0.3) is 0 Å². The van der Waals surface area contributed by atoms with Crippen molar-refractivity contribution in [3.8, 4) is 6.07 Å². The Morgan fingerprint density at radius 1 is 1.57 bits per heavy atom. The Balaban J connectivity index is 1.71. The summed E-state index contributed by atoms with van der Waals surface area (Å²) in [6.07, 6.45) is 3.35. The summed E-state index contributed by atoms with van der Waals surface area (Å²) in [7, 11) is 0. The molecule has 124 valence electrons. The molecule has 0 spiro atoms. The molecule has 2 heterocycles. The maximum absolute atomic E-state index is 11.7. The lowest BCUT2D eigenvalue weighted by atomic mass is 10.1. The highest BCUT2D eigenvalue weighted by atomic mass is 16.1. The van der Waals surface area contributed by atoms with Crippen LogP contribution in [0.15, 0.2) is 18.3 Å². The van der Waals surface area contributed by atoms with E-state index in [-0.39, 0.29) is 11.9 Å². The molecular formula is C17H25N5O. The molecule has 0 radical (unpaired) electrons. The molecule has 1 aliphatic rings. The molecule has 0 bridgehead atoms. The van der Waals surface area contributed by atoms with Gasteiger partial charge in [0.15, 0.2) is 0 Å². The third-order valence-electron chi connectivity index (χ3n) is 3.96. The minimum atomic E-state index is 0.119. The summed E-state index contributed by atoms with van der Waals surface area (Å²) in [5.74, 6) is 1.30. The third-order valence-corrected chi connectivity index (χ3v) is 3.96. The van der Waals surface area contributed by atoms with Gasteiger partial charge in [-0.2, -0.15) is 5.26 Å². The summed E-state index contributed by atoms with van der Waals surface area (Å²) in [5.41, 5.74) is 0.577. The fourth-order valence-corrected chi connectivity index (χ4v) is 2.81. The van der Waals surface area contributed by atoms with E-state index in [9.17, 15) is 4.79 Å². The number of likely N-dealkylation sites (tertiary alicyclic amines) is 1. The number of aromatic nitrogens is 1. The van der Waals surface area contributed by atoms with E-state index in [0.29, 0.717) is 23.7 Å². The first-order valence-corrected chi connectivity index (χ1v) is 8.19. The highest BCUT2D eigenvalue weighted by Crippen LogP contribution is 2.18. The van der Waals surface area contributed by atoms with E-state index in [1.54, 1.807) is 18.3 Å². The van der Waals surface area contributed by atoms with Gasteiger partial charge in [0.05, 0.1) is 5.56 Å².